The minimum atomic E-state index is 0.683. The highest BCUT2D eigenvalue weighted by Gasteiger charge is 2.05. The van der Waals surface area contributed by atoms with E-state index in [9.17, 15) is 0 Å². The van der Waals surface area contributed by atoms with Crippen molar-refractivity contribution in [1.29, 1.82) is 0 Å². The van der Waals surface area contributed by atoms with Gasteiger partial charge in [0.2, 0.25) is 0 Å². The highest BCUT2D eigenvalue weighted by Crippen LogP contribution is 2.29. The molecule has 21 heavy (non-hydrogen) atoms. The number of ether oxygens (including phenoxy) is 1. The molecule has 1 aromatic heterocycles. The number of aryl methyl sites for hydroxylation is 1. The van der Waals surface area contributed by atoms with E-state index in [-0.39, 0.29) is 0 Å². The lowest BCUT2D eigenvalue weighted by Gasteiger charge is -2.02. The minimum Gasteiger partial charge on any atom is -0.494 e. The quantitative estimate of drug-likeness (QED) is 0.746. The third-order valence-electron chi connectivity index (χ3n) is 3.24. The van der Waals surface area contributed by atoms with Crippen molar-refractivity contribution in [2.45, 2.75) is 20.4 Å². The van der Waals surface area contributed by atoms with Gasteiger partial charge in [0, 0.05) is 6.54 Å². The molecule has 1 N–H and O–H groups in total. The molecule has 0 aliphatic heterocycles. The first-order valence-corrected chi connectivity index (χ1v) is 7.89. The lowest BCUT2D eigenvalue weighted by Crippen LogP contribution is -1.98. The van der Waals surface area contributed by atoms with Gasteiger partial charge in [-0.2, -0.15) is 0 Å². The number of rotatable bonds is 5. The Bertz CT molecular complexity index is 734. The monoisotopic (exact) mass is 298 g/mol. The van der Waals surface area contributed by atoms with Crippen molar-refractivity contribution in [2.24, 2.45) is 0 Å². The van der Waals surface area contributed by atoms with E-state index in [0.717, 1.165) is 27.6 Å². The van der Waals surface area contributed by atoms with E-state index in [1.807, 2.05) is 25.1 Å². The predicted molar refractivity (Wildman–Crippen MR) is 89.3 cm³/mol. The number of anilines is 1. The summed E-state index contributed by atoms with van der Waals surface area (Å²) in [5.41, 5.74) is 3.55. The molecule has 2 aromatic carbocycles. The van der Waals surface area contributed by atoms with E-state index in [0.29, 0.717) is 6.61 Å². The molecule has 0 radical (unpaired) electrons. The Labute approximate surface area is 128 Å². The standard InChI is InChI=1S/C17H18N2OS/c1-3-20-14-8-9-15-16(10-14)21-17(19-15)18-11-13-6-4-12(2)5-7-13/h4-10H,3,11H2,1-2H3,(H,18,19). The van der Waals surface area contributed by atoms with Crippen LogP contribution in [0.5, 0.6) is 5.75 Å². The fourth-order valence-electron chi connectivity index (χ4n) is 2.12. The summed E-state index contributed by atoms with van der Waals surface area (Å²) in [4.78, 5) is 4.60. The number of hydrogen-bond acceptors (Lipinski definition) is 4. The van der Waals surface area contributed by atoms with Crippen LogP contribution in [0.25, 0.3) is 10.2 Å². The Kier molecular flexibility index (Phi) is 4.06. The van der Waals surface area contributed by atoms with Gasteiger partial charge in [0.25, 0.3) is 0 Å². The maximum absolute atomic E-state index is 5.52. The van der Waals surface area contributed by atoms with Gasteiger partial charge in [-0.05, 0) is 37.6 Å². The largest absolute Gasteiger partial charge is 0.494 e. The highest BCUT2D eigenvalue weighted by molar-refractivity contribution is 7.22. The molecule has 1 heterocycles. The fourth-order valence-corrected chi connectivity index (χ4v) is 3.01. The van der Waals surface area contributed by atoms with Crippen LogP contribution in [0.3, 0.4) is 0 Å². The van der Waals surface area contributed by atoms with Gasteiger partial charge in [-0.25, -0.2) is 4.98 Å². The van der Waals surface area contributed by atoms with Gasteiger partial charge >= 0.3 is 0 Å². The van der Waals surface area contributed by atoms with Crippen molar-refractivity contribution in [3.05, 3.63) is 53.6 Å². The summed E-state index contributed by atoms with van der Waals surface area (Å²) in [6.45, 7) is 5.56. The average Bonchev–Trinajstić information content (AvgIpc) is 2.89. The molecule has 3 rings (SSSR count). The summed E-state index contributed by atoms with van der Waals surface area (Å²) in [5.74, 6) is 0.902. The molecule has 3 nitrogen and oxygen atoms in total. The summed E-state index contributed by atoms with van der Waals surface area (Å²) in [6.07, 6.45) is 0. The van der Waals surface area contributed by atoms with Crippen molar-refractivity contribution in [3.63, 3.8) is 0 Å². The number of aromatic nitrogens is 1. The Morgan fingerprint density at radius 2 is 1.95 bits per heavy atom. The van der Waals surface area contributed by atoms with Crippen LogP contribution >= 0.6 is 11.3 Å². The Balaban J connectivity index is 1.73. The maximum atomic E-state index is 5.52. The Hall–Kier alpha value is -2.07. The molecule has 0 bridgehead atoms. The van der Waals surface area contributed by atoms with E-state index in [1.165, 1.54) is 11.1 Å². The van der Waals surface area contributed by atoms with Crippen LogP contribution in [0.1, 0.15) is 18.1 Å². The molecule has 0 aliphatic carbocycles. The highest BCUT2D eigenvalue weighted by atomic mass is 32.1. The third kappa shape index (κ3) is 3.34. The summed E-state index contributed by atoms with van der Waals surface area (Å²) in [5, 5.41) is 4.33. The first-order valence-electron chi connectivity index (χ1n) is 7.07. The first kappa shape index (κ1) is 13.9. The van der Waals surface area contributed by atoms with Gasteiger partial charge in [0.15, 0.2) is 5.13 Å². The van der Waals surface area contributed by atoms with Crippen molar-refractivity contribution < 1.29 is 4.74 Å². The van der Waals surface area contributed by atoms with Crippen LogP contribution in [0.15, 0.2) is 42.5 Å². The van der Waals surface area contributed by atoms with Crippen molar-refractivity contribution in [3.8, 4) is 5.75 Å². The second kappa shape index (κ2) is 6.14. The van der Waals surface area contributed by atoms with Crippen LogP contribution in [-0.2, 0) is 6.54 Å². The molecular formula is C17H18N2OS. The average molecular weight is 298 g/mol. The summed E-state index contributed by atoms with van der Waals surface area (Å²) < 4.78 is 6.67. The SMILES string of the molecule is CCOc1ccc2nc(NCc3ccc(C)cc3)sc2c1. The fraction of sp³-hybridized carbons (Fsp3) is 0.235. The molecular weight excluding hydrogens is 280 g/mol. The third-order valence-corrected chi connectivity index (χ3v) is 4.21. The molecule has 0 atom stereocenters. The van der Waals surface area contributed by atoms with Crippen molar-refractivity contribution in [2.75, 3.05) is 11.9 Å². The molecule has 0 fully saturated rings. The van der Waals surface area contributed by atoms with Crippen LogP contribution in [-0.4, -0.2) is 11.6 Å². The molecule has 0 amide bonds. The van der Waals surface area contributed by atoms with Gasteiger partial charge in [-0.1, -0.05) is 41.2 Å². The maximum Gasteiger partial charge on any atom is 0.184 e. The first-order chi connectivity index (χ1) is 10.2. The van der Waals surface area contributed by atoms with E-state index < -0.39 is 0 Å². The lowest BCUT2D eigenvalue weighted by atomic mass is 10.1. The van der Waals surface area contributed by atoms with E-state index in [1.54, 1.807) is 11.3 Å². The number of benzene rings is 2. The molecule has 4 heteroatoms. The smallest absolute Gasteiger partial charge is 0.184 e. The van der Waals surface area contributed by atoms with E-state index >= 15 is 0 Å². The second-order valence-electron chi connectivity index (χ2n) is 4.92. The number of fused-ring (bicyclic) bond motifs is 1. The molecule has 108 valence electrons. The molecule has 0 unspecified atom stereocenters. The number of nitrogens with zero attached hydrogens (tertiary/aromatic N) is 1. The summed E-state index contributed by atoms with van der Waals surface area (Å²) in [7, 11) is 0. The predicted octanol–water partition coefficient (Wildman–Crippen LogP) is 4.62. The second-order valence-corrected chi connectivity index (χ2v) is 5.95. The zero-order chi connectivity index (χ0) is 14.7. The normalized spacial score (nSPS) is 10.8. The van der Waals surface area contributed by atoms with Gasteiger partial charge in [-0.3, -0.25) is 0 Å². The lowest BCUT2D eigenvalue weighted by molar-refractivity contribution is 0.341. The molecule has 0 saturated carbocycles. The van der Waals surface area contributed by atoms with E-state index in [2.05, 4.69) is 41.5 Å². The number of thiazole rings is 1. The van der Waals surface area contributed by atoms with Crippen LogP contribution in [0.4, 0.5) is 5.13 Å². The zero-order valence-corrected chi connectivity index (χ0v) is 13.0. The van der Waals surface area contributed by atoms with Gasteiger partial charge < -0.3 is 10.1 Å². The number of nitrogens with one attached hydrogen (secondary N) is 1. The van der Waals surface area contributed by atoms with Gasteiger partial charge in [0.05, 0.1) is 16.8 Å². The Morgan fingerprint density at radius 1 is 1.14 bits per heavy atom. The molecule has 3 aromatic rings. The molecule has 0 spiro atoms. The number of hydrogen-bond donors (Lipinski definition) is 1. The molecule has 0 aliphatic rings. The van der Waals surface area contributed by atoms with E-state index in [4.69, 9.17) is 4.74 Å². The van der Waals surface area contributed by atoms with Gasteiger partial charge in [0.1, 0.15) is 5.75 Å². The summed E-state index contributed by atoms with van der Waals surface area (Å²) >= 11 is 1.66. The molecule has 0 saturated heterocycles. The van der Waals surface area contributed by atoms with Crippen LogP contribution in [0, 0.1) is 6.92 Å². The Morgan fingerprint density at radius 3 is 2.71 bits per heavy atom. The topological polar surface area (TPSA) is 34.1 Å². The van der Waals surface area contributed by atoms with Crippen LogP contribution in [0.2, 0.25) is 0 Å². The zero-order valence-electron chi connectivity index (χ0n) is 12.2. The minimum absolute atomic E-state index is 0.683. The van der Waals surface area contributed by atoms with Crippen LogP contribution < -0.4 is 10.1 Å². The summed E-state index contributed by atoms with van der Waals surface area (Å²) in [6, 6.07) is 14.6. The van der Waals surface area contributed by atoms with Gasteiger partial charge in [-0.15, -0.1) is 0 Å². The van der Waals surface area contributed by atoms with Crippen molar-refractivity contribution >= 4 is 26.7 Å². The van der Waals surface area contributed by atoms with Crippen molar-refractivity contribution in [1.82, 2.24) is 4.98 Å².